The zero-order valence-electron chi connectivity index (χ0n) is 15.0. The van der Waals surface area contributed by atoms with Gasteiger partial charge in [0, 0.05) is 14.1 Å². The summed E-state index contributed by atoms with van der Waals surface area (Å²) in [6.45, 7) is 1.33. The molecule has 0 unspecified atom stereocenters. The first-order valence-electron chi connectivity index (χ1n) is 7.92. The van der Waals surface area contributed by atoms with Crippen molar-refractivity contribution in [1.82, 2.24) is 4.31 Å². The predicted molar refractivity (Wildman–Crippen MR) is 97.2 cm³/mol. The number of carbonyl (C=O) groups is 2. The lowest BCUT2D eigenvalue weighted by molar-refractivity contribution is -0.123. The van der Waals surface area contributed by atoms with Crippen molar-refractivity contribution in [3.63, 3.8) is 0 Å². The highest BCUT2D eigenvalue weighted by atomic mass is 32.2. The van der Waals surface area contributed by atoms with E-state index in [1.165, 1.54) is 63.5 Å². The molecule has 144 valence electrons. The molecule has 7 nitrogen and oxygen atoms in total. The van der Waals surface area contributed by atoms with Crippen molar-refractivity contribution >= 4 is 27.6 Å². The Morgan fingerprint density at radius 3 is 2.41 bits per heavy atom. The Labute approximate surface area is 156 Å². The number of amides is 1. The maximum absolute atomic E-state index is 13.6. The van der Waals surface area contributed by atoms with Crippen molar-refractivity contribution in [2.24, 2.45) is 0 Å². The van der Waals surface area contributed by atoms with Crippen LogP contribution in [-0.4, -0.2) is 44.8 Å². The highest BCUT2D eigenvalue weighted by Gasteiger charge is 2.22. The second kappa shape index (κ2) is 8.28. The van der Waals surface area contributed by atoms with Gasteiger partial charge in [-0.2, -0.15) is 0 Å². The van der Waals surface area contributed by atoms with E-state index in [0.29, 0.717) is 0 Å². The van der Waals surface area contributed by atoms with E-state index in [9.17, 15) is 22.4 Å². The van der Waals surface area contributed by atoms with Crippen molar-refractivity contribution in [3.05, 3.63) is 59.9 Å². The van der Waals surface area contributed by atoms with E-state index in [1.807, 2.05) is 0 Å². The zero-order chi connectivity index (χ0) is 20.2. The third-order valence-corrected chi connectivity index (χ3v) is 5.44. The Kier molecular flexibility index (Phi) is 6.29. The Bertz CT molecular complexity index is 960. The molecule has 0 bridgehead atoms. The van der Waals surface area contributed by atoms with Crippen molar-refractivity contribution in [1.29, 1.82) is 0 Å². The third-order valence-electron chi connectivity index (χ3n) is 3.63. The second-order valence-electron chi connectivity index (χ2n) is 5.83. The van der Waals surface area contributed by atoms with Crippen LogP contribution in [-0.2, 0) is 19.6 Å². The van der Waals surface area contributed by atoms with Gasteiger partial charge >= 0.3 is 5.97 Å². The van der Waals surface area contributed by atoms with Gasteiger partial charge in [0.1, 0.15) is 5.82 Å². The fourth-order valence-electron chi connectivity index (χ4n) is 2.07. The van der Waals surface area contributed by atoms with Crippen LogP contribution in [0.5, 0.6) is 0 Å². The summed E-state index contributed by atoms with van der Waals surface area (Å²) in [5.74, 6) is -2.21. The molecule has 0 heterocycles. The van der Waals surface area contributed by atoms with Gasteiger partial charge in [-0.3, -0.25) is 4.79 Å². The smallest absolute Gasteiger partial charge is 0.338 e. The van der Waals surface area contributed by atoms with Gasteiger partial charge in [0.25, 0.3) is 5.91 Å². The molecule has 1 amide bonds. The summed E-state index contributed by atoms with van der Waals surface area (Å²) in [4.78, 5) is 24.3. The van der Waals surface area contributed by atoms with Gasteiger partial charge in [-0.15, -0.1) is 0 Å². The molecule has 2 rings (SSSR count). The zero-order valence-corrected chi connectivity index (χ0v) is 15.8. The molecule has 1 atom stereocenters. The minimum Gasteiger partial charge on any atom is -0.449 e. The van der Waals surface area contributed by atoms with Gasteiger partial charge in [-0.05, 0) is 37.3 Å². The first-order chi connectivity index (χ1) is 12.6. The summed E-state index contributed by atoms with van der Waals surface area (Å²) in [6, 6.07) is 10.9. The van der Waals surface area contributed by atoms with E-state index in [0.717, 1.165) is 4.31 Å². The lowest BCUT2D eigenvalue weighted by Crippen LogP contribution is -2.30. The molecular weight excluding hydrogens is 375 g/mol. The standard InChI is InChI=1S/C18H19FN2O5S/c1-12(17(22)20-16-10-5-4-9-15(16)19)26-18(23)13-7-6-8-14(11-13)27(24,25)21(2)3/h4-12H,1-3H3,(H,20,22)/t12-/m1/s1. The maximum atomic E-state index is 13.6. The molecule has 0 saturated carbocycles. The van der Waals surface area contributed by atoms with Crippen LogP contribution in [0.15, 0.2) is 53.4 Å². The summed E-state index contributed by atoms with van der Waals surface area (Å²) in [5, 5.41) is 2.32. The average Bonchev–Trinajstić information content (AvgIpc) is 2.63. The second-order valence-corrected chi connectivity index (χ2v) is 7.98. The first kappa shape index (κ1) is 20.5. The largest absolute Gasteiger partial charge is 0.449 e. The summed E-state index contributed by atoms with van der Waals surface area (Å²) >= 11 is 0. The Hall–Kier alpha value is -2.78. The molecule has 0 aliphatic carbocycles. The fourth-order valence-corrected chi connectivity index (χ4v) is 3.02. The number of hydrogen-bond donors (Lipinski definition) is 1. The number of halogens is 1. The Balaban J connectivity index is 2.10. The van der Waals surface area contributed by atoms with Crippen LogP contribution in [0.3, 0.4) is 0 Å². The van der Waals surface area contributed by atoms with Crippen LogP contribution in [0.2, 0.25) is 0 Å². The molecule has 0 spiro atoms. The minimum atomic E-state index is -3.72. The molecule has 9 heteroatoms. The predicted octanol–water partition coefficient (Wildman–Crippen LogP) is 2.26. The molecule has 0 saturated heterocycles. The van der Waals surface area contributed by atoms with Crippen LogP contribution < -0.4 is 5.32 Å². The minimum absolute atomic E-state index is 0.0246. The highest BCUT2D eigenvalue weighted by Crippen LogP contribution is 2.17. The summed E-state index contributed by atoms with van der Waals surface area (Å²) in [6.07, 6.45) is -1.22. The number of esters is 1. The number of carbonyl (C=O) groups excluding carboxylic acids is 2. The molecular formula is C18H19FN2O5S. The molecule has 27 heavy (non-hydrogen) atoms. The molecule has 0 radical (unpaired) electrons. The average molecular weight is 394 g/mol. The fraction of sp³-hybridized carbons (Fsp3) is 0.222. The van der Waals surface area contributed by atoms with E-state index < -0.39 is 33.8 Å². The van der Waals surface area contributed by atoms with Crippen molar-refractivity contribution in [2.45, 2.75) is 17.9 Å². The summed E-state index contributed by atoms with van der Waals surface area (Å²) in [7, 11) is -0.978. The highest BCUT2D eigenvalue weighted by molar-refractivity contribution is 7.89. The van der Waals surface area contributed by atoms with Crippen LogP contribution in [0, 0.1) is 5.82 Å². The number of para-hydroxylation sites is 1. The maximum Gasteiger partial charge on any atom is 0.338 e. The Morgan fingerprint density at radius 2 is 1.78 bits per heavy atom. The molecule has 0 aliphatic heterocycles. The van der Waals surface area contributed by atoms with Gasteiger partial charge in [-0.1, -0.05) is 18.2 Å². The molecule has 2 aromatic carbocycles. The van der Waals surface area contributed by atoms with Crippen LogP contribution in [0.1, 0.15) is 17.3 Å². The number of anilines is 1. The molecule has 0 aliphatic rings. The van der Waals surface area contributed by atoms with Crippen LogP contribution >= 0.6 is 0 Å². The molecule has 0 aromatic heterocycles. The van der Waals surface area contributed by atoms with E-state index in [2.05, 4.69) is 5.32 Å². The lowest BCUT2D eigenvalue weighted by Gasteiger charge is -2.15. The topological polar surface area (TPSA) is 92.8 Å². The number of nitrogens with zero attached hydrogens (tertiary/aromatic N) is 1. The SMILES string of the molecule is C[C@@H](OC(=O)c1cccc(S(=O)(=O)N(C)C)c1)C(=O)Nc1ccccc1F. The van der Waals surface area contributed by atoms with Gasteiger partial charge in [0.15, 0.2) is 6.10 Å². The monoisotopic (exact) mass is 394 g/mol. The van der Waals surface area contributed by atoms with Crippen LogP contribution in [0.25, 0.3) is 0 Å². The van der Waals surface area contributed by atoms with E-state index >= 15 is 0 Å². The lowest BCUT2D eigenvalue weighted by atomic mass is 10.2. The number of rotatable bonds is 6. The van der Waals surface area contributed by atoms with Gasteiger partial charge in [-0.25, -0.2) is 21.9 Å². The van der Waals surface area contributed by atoms with Gasteiger partial charge < -0.3 is 10.1 Å². The van der Waals surface area contributed by atoms with E-state index in [-0.39, 0.29) is 16.1 Å². The normalized spacial score (nSPS) is 12.5. The number of nitrogens with one attached hydrogen (secondary N) is 1. The van der Waals surface area contributed by atoms with Gasteiger partial charge in [0.05, 0.1) is 16.1 Å². The number of benzene rings is 2. The Morgan fingerprint density at radius 1 is 1.11 bits per heavy atom. The van der Waals surface area contributed by atoms with Gasteiger partial charge in [0.2, 0.25) is 10.0 Å². The van der Waals surface area contributed by atoms with Crippen molar-refractivity contribution in [2.75, 3.05) is 19.4 Å². The number of ether oxygens (including phenoxy) is 1. The summed E-state index contributed by atoms with van der Waals surface area (Å²) < 4.78 is 43.9. The number of sulfonamides is 1. The molecule has 2 aromatic rings. The van der Waals surface area contributed by atoms with Crippen molar-refractivity contribution < 1.29 is 27.1 Å². The number of hydrogen-bond acceptors (Lipinski definition) is 5. The summed E-state index contributed by atoms with van der Waals surface area (Å²) in [5.41, 5.74) is -0.0621. The van der Waals surface area contributed by atoms with E-state index in [4.69, 9.17) is 4.74 Å². The van der Waals surface area contributed by atoms with Crippen molar-refractivity contribution in [3.8, 4) is 0 Å². The molecule has 0 fully saturated rings. The van der Waals surface area contributed by atoms with Crippen LogP contribution in [0.4, 0.5) is 10.1 Å². The van der Waals surface area contributed by atoms with E-state index in [1.54, 1.807) is 6.07 Å². The molecule has 1 N–H and O–H groups in total. The quantitative estimate of drug-likeness (QED) is 0.759. The first-order valence-corrected chi connectivity index (χ1v) is 9.36. The third kappa shape index (κ3) is 4.89.